The zero-order valence-electron chi connectivity index (χ0n) is 11.4. The van der Waals surface area contributed by atoms with Gasteiger partial charge >= 0.3 is 5.97 Å². The van der Waals surface area contributed by atoms with Gasteiger partial charge in [0.05, 0.1) is 5.56 Å². The molecule has 0 aliphatic carbocycles. The fraction of sp³-hybridized carbons (Fsp3) is 0.500. The van der Waals surface area contributed by atoms with E-state index in [-0.39, 0.29) is 5.97 Å². The summed E-state index contributed by atoms with van der Waals surface area (Å²) in [6.07, 6.45) is 0. The molecule has 0 saturated carbocycles. The number of hydrogen-bond donors (Lipinski definition) is 1. The Morgan fingerprint density at radius 2 is 2.00 bits per heavy atom. The first-order valence-corrected chi connectivity index (χ1v) is 6.34. The molecular weight excluding hydrogens is 228 g/mol. The topological polar surface area (TPSA) is 55.6 Å². The first kappa shape index (κ1) is 14.5. The van der Waals surface area contributed by atoms with Crippen LogP contribution in [-0.2, 0) is 4.74 Å². The molecule has 0 radical (unpaired) electrons. The smallest absolute Gasteiger partial charge is 0.338 e. The van der Waals surface area contributed by atoms with Crippen molar-refractivity contribution in [2.24, 2.45) is 0 Å². The lowest BCUT2D eigenvalue weighted by Crippen LogP contribution is -2.28. The average Bonchev–Trinajstić information content (AvgIpc) is 2.37. The van der Waals surface area contributed by atoms with Gasteiger partial charge in [0.15, 0.2) is 0 Å². The Morgan fingerprint density at radius 1 is 1.33 bits per heavy atom. The minimum atomic E-state index is -0.299. The molecule has 2 N–H and O–H groups in total. The first-order valence-electron chi connectivity index (χ1n) is 6.34. The zero-order chi connectivity index (χ0) is 13.5. The SMILES string of the molecule is CCN(CC)CCOC(=O)c1cccc(N)c1C. The van der Waals surface area contributed by atoms with E-state index in [9.17, 15) is 4.79 Å². The molecule has 1 aromatic rings. The van der Waals surface area contributed by atoms with Crippen LogP contribution in [0.4, 0.5) is 5.69 Å². The lowest BCUT2D eigenvalue weighted by atomic mass is 10.1. The summed E-state index contributed by atoms with van der Waals surface area (Å²) in [7, 11) is 0. The number of benzene rings is 1. The second-order valence-electron chi connectivity index (χ2n) is 4.18. The highest BCUT2D eigenvalue weighted by Crippen LogP contribution is 2.16. The van der Waals surface area contributed by atoms with E-state index in [1.807, 2.05) is 6.92 Å². The Balaban J connectivity index is 2.53. The number of carbonyl (C=O) groups is 1. The van der Waals surface area contributed by atoms with Crippen LogP contribution < -0.4 is 5.73 Å². The number of carbonyl (C=O) groups excluding carboxylic acids is 1. The molecule has 1 aromatic carbocycles. The van der Waals surface area contributed by atoms with Crippen LogP contribution >= 0.6 is 0 Å². The summed E-state index contributed by atoms with van der Waals surface area (Å²) in [6.45, 7) is 9.11. The van der Waals surface area contributed by atoms with E-state index < -0.39 is 0 Å². The molecule has 0 unspecified atom stereocenters. The summed E-state index contributed by atoms with van der Waals surface area (Å²) in [5.41, 5.74) is 7.71. The number of ether oxygens (including phenoxy) is 1. The molecule has 0 spiro atoms. The maximum absolute atomic E-state index is 11.9. The molecule has 0 aliphatic rings. The highest BCUT2D eigenvalue weighted by Gasteiger charge is 2.12. The summed E-state index contributed by atoms with van der Waals surface area (Å²) in [5.74, 6) is -0.299. The van der Waals surface area contributed by atoms with Crippen LogP contribution in [0, 0.1) is 6.92 Å². The van der Waals surface area contributed by atoms with Crippen LogP contribution in [0.3, 0.4) is 0 Å². The predicted molar refractivity (Wildman–Crippen MR) is 73.7 cm³/mol. The van der Waals surface area contributed by atoms with Crippen LogP contribution in [0.1, 0.15) is 29.8 Å². The maximum Gasteiger partial charge on any atom is 0.338 e. The van der Waals surface area contributed by atoms with Crippen molar-refractivity contribution in [1.29, 1.82) is 0 Å². The van der Waals surface area contributed by atoms with E-state index >= 15 is 0 Å². The third-order valence-corrected chi connectivity index (χ3v) is 3.13. The van der Waals surface area contributed by atoms with Crippen LogP contribution in [0.2, 0.25) is 0 Å². The van der Waals surface area contributed by atoms with Crippen molar-refractivity contribution in [3.05, 3.63) is 29.3 Å². The predicted octanol–water partition coefficient (Wildman–Crippen LogP) is 2.08. The summed E-state index contributed by atoms with van der Waals surface area (Å²) < 4.78 is 5.26. The molecule has 100 valence electrons. The normalized spacial score (nSPS) is 10.7. The standard InChI is InChI=1S/C14H22N2O2/c1-4-16(5-2)9-10-18-14(17)12-7-6-8-13(15)11(12)3/h6-8H,4-5,9-10,15H2,1-3H3. The minimum Gasteiger partial charge on any atom is -0.461 e. The van der Waals surface area contributed by atoms with Gasteiger partial charge in [0.1, 0.15) is 6.61 Å². The van der Waals surface area contributed by atoms with E-state index in [0.717, 1.165) is 25.2 Å². The van der Waals surface area contributed by atoms with Crippen molar-refractivity contribution >= 4 is 11.7 Å². The number of rotatable bonds is 6. The van der Waals surface area contributed by atoms with Gasteiger partial charge in [0.25, 0.3) is 0 Å². The zero-order valence-corrected chi connectivity index (χ0v) is 11.4. The van der Waals surface area contributed by atoms with Gasteiger partial charge in [0, 0.05) is 12.2 Å². The molecule has 0 saturated heterocycles. The molecule has 1 rings (SSSR count). The molecule has 0 bridgehead atoms. The van der Waals surface area contributed by atoms with Gasteiger partial charge in [0.2, 0.25) is 0 Å². The van der Waals surface area contributed by atoms with Gasteiger partial charge in [-0.05, 0) is 37.7 Å². The quantitative estimate of drug-likeness (QED) is 0.620. The van der Waals surface area contributed by atoms with Gasteiger partial charge in [-0.3, -0.25) is 0 Å². The molecule has 0 aliphatic heterocycles. The average molecular weight is 250 g/mol. The lowest BCUT2D eigenvalue weighted by Gasteiger charge is -2.17. The maximum atomic E-state index is 11.9. The number of likely N-dealkylation sites (N-methyl/N-ethyl adjacent to an activating group) is 1. The fourth-order valence-electron chi connectivity index (χ4n) is 1.76. The van der Waals surface area contributed by atoms with Crippen molar-refractivity contribution in [2.45, 2.75) is 20.8 Å². The number of nitrogen functional groups attached to an aromatic ring is 1. The van der Waals surface area contributed by atoms with Crippen molar-refractivity contribution in [1.82, 2.24) is 4.90 Å². The van der Waals surface area contributed by atoms with E-state index in [4.69, 9.17) is 10.5 Å². The highest BCUT2D eigenvalue weighted by molar-refractivity contribution is 5.92. The second kappa shape index (κ2) is 7.01. The molecule has 4 nitrogen and oxygen atoms in total. The molecule has 4 heteroatoms. The van der Waals surface area contributed by atoms with Crippen molar-refractivity contribution in [2.75, 3.05) is 32.0 Å². The lowest BCUT2D eigenvalue weighted by molar-refractivity contribution is 0.0465. The molecule has 0 aromatic heterocycles. The Bertz CT molecular complexity index is 401. The number of esters is 1. The molecule has 18 heavy (non-hydrogen) atoms. The number of anilines is 1. The Hall–Kier alpha value is -1.55. The fourth-order valence-corrected chi connectivity index (χ4v) is 1.76. The van der Waals surface area contributed by atoms with Gasteiger partial charge in [-0.15, -0.1) is 0 Å². The molecule has 0 amide bonds. The van der Waals surface area contributed by atoms with E-state index in [1.165, 1.54) is 0 Å². The largest absolute Gasteiger partial charge is 0.461 e. The summed E-state index contributed by atoms with van der Waals surface area (Å²) in [6, 6.07) is 5.29. The minimum absolute atomic E-state index is 0.299. The molecule has 0 heterocycles. The van der Waals surface area contributed by atoms with E-state index in [0.29, 0.717) is 17.9 Å². The molecular formula is C14H22N2O2. The molecule has 0 fully saturated rings. The van der Waals surface area contributed by atoms with Crippen molar-refractivity contribution in [3.63, 3.8) is 0 Å². The number of nitrogens with two attached hydrogens (primary N) is 1. The summed E-state index contributed by atoms with van der Waals surface area (Å²) >= 11 is 0. The second-order valence-corrected chi connectivity index (χ2v) is 4.18. The van der Waals surface area contributed by atoms with Crippen LogP contribution in [0.15, 0.2) is 18.2 Å². The summed E-state index contributed by atoms with van der Waals surface area (Å²) in [4.78, 5) is 14.1. The monoisotopic (exact) mass is 250 g/mol. The Labute approximate surface area is 109 Å². The van der Waals surface area contributed by atoms with Gasteiger partial charge in [-0.2, -0.15) is 0 Å². The Morgan fingerprint density at radius 3 is 2.61 bits per heavy atom. The van der Waals surface area contributed by atoms with Crippen molar-refractivity contribution in [3.8, 4) is 0 Å². The van der Waals surface area contributed by atoms with Crippen LogP contribution in [-0.4, -0.2) is 37.1 Å². The van der Waals surface area contributed by atoms with Gasteiger partial charge < -0.3 is 15.4 Å². The van der Waals surface area contributed by atoms with E-state index in [2.05, 4.69) is 18.7 Å². The van der Waals surface area contributed by atoms with Gasteiger partial charge in [-0.1, -0.05) is 19.9 Å². The number of nitrogens with zero attached hydrogens (tertiary/aromatic N) is 1. The Kier molecular flexibility index (Phi) is 5.65. The van der Waals surface area contributed by atoms with E-state index in [1.54, 1.807) is 18.2 Å². The third kappa shape index (κ3) is 3.74. The highest BCUT2D eigenvalue weighted by atomic mass is 16.5. The third-order valence-electron chi connectivity index (χ3n) is 3.13. The number of hydrogen-bond acceptors (Lipinski definition) is 4. The summed E-state index contributed by atoms with van der Waals surface area (Å²) in [5, 5.41) is 0. The van der Waals surface area contributed by atoms with Crippen molar-refractivity contribution < 1.29 is 9.53 Å². The van der Waals surface area contributed by atoms with Crippen LogP contribution in [0.5, 0.6) is 0 Å². The molecule has 0 atom stereocenters. The van der Waals surface area contributed by atoms with Crippen LogP contribution in [0.25, 0.3) is 0 Å². The first-order chi connectivity index (χ1) is 8.60. The van der Waals surface area contributed by atoms with Gasteiger partial charge in [-0.25, -0.2) is 4.79 Å².